The van der Waals surface area contributed by atoms with Gasteiger partial charge in [0.2, 0.25) is 0 Å². The monoisotopic (exact) mass is 419 g/mol. The largest absolute Gasteiger partial charge is 0.488 e. The first-order chi connectivity index (χ1) is 14.1. The molecule has 1 aliphatic heterocycles. The third-order valence-corrected chi connectivity index (χ3v) is 5.21. The number of oxime groups is 1. The smallest absolute Gasteiger partial charge is 0.127 e. The van der Waals surface area contributed by atoms with Crippen molar-refractivity contribution in [2.24, 2.45) is 5.16 Å². The Morgan fingerprint density at radius 1 is 1.21 bits per heavy atom. The summed E-state index contributed by atoms with van der Waals surface area (Å²) in [5, 5.41) is 23.8. The molecule has 0 aliphatic carbocycles. The first-order valence-corrected chi connectivity index (χ1v) is 9.96. The van der Waals surface area contributed by atoms with Crippen molar-refractivity contribution in [3.63, 3.8) is 0 Å². The Balaban J connectivity index is 1.68. The molecule has 0 aromatic heterocycles. The number of hydrogen-bond acceptors (Lipinski definition) is 6. The molecule has 1 heterocycles. The molecule has 0 amide bonds. The Morgan fingerprint density at radius 2 is 2.00 bits per heavy atom. The van der Waals surface area contributed by atoms with E-state index in [4.69, 9.17) is 21.1 Å². The van der Waals surface area contributed by atoms with Gasteiger partial charge in [-0.25, -0.2) is 0 Å². The van der Waals surface area contributed by atoms with Crippen molar-refractivity contribution in [1.29, 1.82) is 0 Å². The predicted octanol–water partition coefficient (Wildman–Crippen LogP) is 3.52. The first kappa shape index (κ1) is 21.6. The number of halogens is 1. The van der Waals surface area contributed by atoms with Crippen LogP contribution in [0.2, 0.25) is 5.02 Å². The van der Waals surface area contributed by atoms with Gasteiger partial charge in [0.15, 0.2) is 0 Å². The summed E-state index contributed by atoms with van der Waals surface area (Å²) in [6.07, 6.45) is 2.10. The molecule has 156 valence electrons. The van der Waals surface area contributed by atoms with E-state index in [1.54, 1.807) is 6.21 Å². The topological polar surface area (TPSA) is 80.5 Å². The summed E-state index contributed by atoms with van der Waals surface area (Å²) >= 11 is 6.42. The van der Waals surface area contributed by atoms with Gasteiger partial charge in [-0.3, -0.25) is 0 Å². The van der Waals surface area contributed by atoms with Crippen molar-refractivity contribution >= 4 is 17.8 Å². The summed E-state index contributed by atoms with van der Waals surface area (Å²) in [5.74, 6) is 0.746. The molecular formula is C22H26ClNO5. The molecule has 2 aromatic rings. The highest BCUT2D eigenvalue weighted by atomic mass is 35.5. The van der Waals surface area contributed by atoms with E-state index in [0.29, 0.717) is 30.9 Å². The number of hydrogen-bond donors (Lipinski definition) is 2. The third kappa shape index (κ3) is 6.18. The molecule has 0 spiro atoms. The third-order valence-electron chi connectivity index (χ3n) is 4.85. The van der Waals surface area contributed by atoms with Crippen molar-refractivity contribution in [2.45, 2.75) is 37.6 Å². The predicted molar refractivity (Wildman–Crippen MR) is 112 cm³/mol. The molecule has 1 fully saturated rings. The average Bonchev–Trinajstić information content (AvgIpc) is 2.73. The van der Waals surface area contributed by atoms with E-state index in [0.717, 1.165) is 22.4 Å². The highest BCUT2D eigenvalue weighted by Crippen LogP contribution is 2.33. The van der Waals surface area contributed by atoms with Crippen LogP contribution >= 0.6 is 11.6 Å². The maximum atomic E-state index is 10.1. The van der Waals surface area contributed by atoms with Gasteiger partial charge in [-0.15, -0.1) is 0 Å². The molecular weight excluding hydrogens is 394 g/mol. The van der Waals surface area contributed by atoms with Crippen molar-refractivity contribution in [3.05, 3.63) is 64.2 Å². The number of benzene rings is 2. The van der Waals surface area contributed by atoms with E-state index in [2.05, 4.69) is 9.99 Å². The Labute approximate surface area is 175 Å². The van der Waals surface area contributed by atoms with Crippen LogP contribution in [0.25, 0.3) is 0 Å². The molecule has 2 aromatic carbocycles. The summed E-state index contributed by atoms with van der Waals surface area (Å²) in [6, 6.07) is 13.6. The minimum atomic E-state index is -0.480. The van der Waals surface area contributed by atoms with Gasteiger partial charge in [-0.2, -0.15) is 0 Å². The maximum absolute atomic E-state index is 10.1. The van der Waals surface area contributed by atoms with Crippen LogP contribution < -0.4 is 4.74 Å². The van der Waals surface area contributed by atoms with Gasteiger partial charge in [0.05, 0.1) is 31.1 Å². The lowest BCUT2D eigenvalue weighted by Gasteiger charge is -2.32. The van der Waals surface area contributed by atoms with Crippen molar-refractivity contribution < 1.29 is 24.5 Å². The molecule has 3 atom stereocenters. The molecule has 0 bridgehead atoms. The second kappa shape index (κ2) is 10.6. The van der Waals surface area contributed by atoms with Crippen LogP contribution in [0.1, 0.15) is 35.6 Å². The van der Waals surface area contributed by atoms with E-state index in [1.165, 1.54) is 7.11 Å². The first-order valence-electron chi connectivity index (χ1n) is 9.58. The van der Waals surface area contributed by atoms with Gasteiger partial charge in [-0.05, 0) is 41.3 Å². The van der Waals surface area contributed by atoms with E-state index >= 15 is 0 Å². The van der Waals surface area contributed by atoms with Gasteiger partial charge < -0.3 is 24.5 Å². The minimum absolute atomic E-state index is 0.0975. The second-order valence-corrected chi connectivity index (χ2v) is 7.41. The molecule has 1 aliphatic rings. The van der Waals surface area contributed by atoms with Gasteiger partial charge in [-0.1, -0.05) is 41.0 Å². The number of aliphatic hydroxyl groups is 2. The minimum Gasteiger partial charge on any atom is -0.488 e. The molecule has 7 heteroatoms. The van der Waals surface area contributed by atoms with Crippen LogP contribution in [0.15, 0.2) is 47.6 Å². The van der Waals surface area contributed by atoms with Crippen LogP contribution in [0.4, 0.5) is 0 Å². The standard InChI is InChI=1S/C22H26ClNO5/c1-27-24-8-9-28-19-5-2-15(3-6-19)10-17-11-16(4-7-21(17)23)22-13-18(26)12-20(14-25)29-22/h2-8,11,18,20,22,25-26H,9-10,12-14H2,1H3/b24-8+. The van der Waals surface area contributed by atoms with Gasteiger partial charge >= 0.3 is 0 Å². The highest BCUT2D eigenvalue weighted by molar-refractivity contribution is 6.31. The van der Waals surface area contributed by atoms with Crippen LogP contribution in [0.3, 0.4) is 0 Å². The van der Waals surface area contributed by atoms with Gasteiger partial charge in [0.25, 0.3) is 0 Å². The molecule has 6 nitrogen and oxygen atoms in total. The SMILES string of the molecule is CO/N=C/COc1ccc(Cc2cc(C3CC(O)CC(CO)O3)ccc2Cl)cc1. The summed E-state index contributed by atoms with van der Waals surface area (Å²) in [4.78, 5) is 4.59. The van der Waals surface area contributed by atoms with Crippen LogP contribution in [0, 0.1) is 0 Å². The lowest BCUT2D eigenvalue weighted by atomic mass is 9.94. The molecule has 3 unspecified atom stereocenters. The highest BCUT2D eigenvalue weighted by Gasteiger charge is 2.29. The molecule has 3 rings (SSSR count). The van der Waals surface area contributed by atoms with Crippen molar-refractivity contribution in [2.75, 3.05) is 20.3 Å². The fourth-order valence-corrected chi connectivity index (χ4v) is 3.60. The molecule has 29 heavy (non-hydrogen) atoms. The average molecular weight is 420 g/mol. The van der Waals surface area contributed by atoms with E-state index in [1.807, 2.05) is 42.5 Å². The van der Waals surface area contributed by atoms with Gasteiger partial charge in [0, 0.05) is 17.9 Å². The lowest BCUT2D eigenvalue weighted by Crippen LogP contribution is -2.33. The molecule has 2 N–H and O–H groups in total. The number of nitrogens with zero attached hydrogens (tertiary/aromatic N) is 1. The summed E-state index contributed by atoms with van der Waals surface area (Å²) in [5.41, 5.74) is 3.04. The second-order valence-electron chi connectivity index (χ2n) is 7.01. The van der Waals surface area contributed by atoms with Crippen LogP contribution in [-0.4, -0.2) is 49.0 Å². The fraction of sp³-hybridized carbons (Fsp3) is 0.409. The van der Waals surface area contributed by atoms with Crippen LogP contribution in [0.5, 0.6) is 5.75 Å². The Hall–Kier alpha value is -2.12. The van der Waals surface area contributed by atoms with Crippen LogP contribution in [-0.2, 0) is 16.0 Å². The zero-order valence-corrected chi connectivity index (χ0v) is 17.1. The van der Waals surface area contributed by atoms with Crippen molar-refractivity contribution in [1.82, 2.24) is 0 Å². The number of rotatable bonds is 8. The maximum Gasteiger partial charge on any atom is 0.127 e. The van der Waals surface area contributed by atoms with E-state index in [9.17, 15) is 10.2 Å². The van der Waals surface area contributed by atoms with Crippen molar-refractivity contribution in [3.8, 4) is 5.75 Å². The quantitative estimate of drug-likeness (QED) is 0.505. The summed E-state index contributed by atoms with van der Waals surface area (Å²) in [6.45, 7) is 0.239. The normalized spacial score (nSPS) is 22.0. The Kier molecular flexibility index (Phi) is 7.89. The molecule has 1 saturated heterocycles. The molecule has 0 radical (unpaired) electrons. The number of ether oxygens (including phenoxy) is 2. The Bertz CT molecular complexity index is 811. The summed E-state index contributed by atoms with van der Waals surface area (Å²) < 4.78 is 11.5. The molecule has 0 saturated carbocycles. The van der Waals surface area contributed by atoms with Gasteiger partial charge in [0.1, 0.15) is 19.5 Å². The fourth-order valence-electron chi connectivity index (χ4n) is 3.41. The van der Waals surface area contributed by atoms with E-state index in [-0.39, 0.29) is 18.8 Å². The van der Waals surface area contributed by atoms with E-state index < -0.39 is 6.10 Å². The zero-order chi connectivity index (χ0) is 20.6. The zero-order valence-electron chi connectivity index (χ0n) is 16.3. The Morgan fingerprint density at radius 3 is 2.72 bits per heavy atom. The summed E-state index contributed by atoms with van der Waals surface area (Å²) in [7, 11) is 1.49. The lowest BCUT2D eigenvalue weighted by molar-refractivity contribution is -0.113. The number of aliphatic hydroxyl groups excluding tert-OH is 2.